The number of sulfonamides is 1. The number of aromatic nitrogens is 3. The normalized spacial score (nSPS) is 11.5. The fraction of sp³-hybridized carbons (Fsp3) is 0.0500. The van der Waals surface area contributed by atoms with Gasteiger partial charge in [-0.1, -0.05) is 12.1 Å². The number of hydrogen-bond donors (Lipinski definition) is 2. The summed E-state index contributed by atoms with van der Waals surface area (Å²) < 4.78 is 42.2. The van der Waals surface area contributed by atoms with Crippen molar-refractivity contribution in [3.05, 3.63) is 78.0 Å². The molecule has 2 aromatic heterocycles. The Hall–Kier alpha value is -3.79. The van der Waals surface area contributed by atoms with E-state index in [1.54, 1.807) is 29.9 Å². The number of rotatable bonds is 5. The van der Waals surface area contributed by atoms with Gasteiger partial charge in [0.05, 0.1) is 15.8 Å². The molecule has 8 nitrogen and oxygen atoms in total. The van der Waals surface area contributed by atoms with Gasteiger partial charge in [0, 0.05) is 24.5 Å². The molecule has 0 aliphatic heterocycles. The molecule has 152 valence electrons. The summed E-state index contributed by atoms with van der Waals surface area (Å²) in [5, 5.41) is 0.433. The number of ketones is 1. The first kappa shape index (κ1) is 19.5. The van der Waals surface area contributed by atoms with Gasteiger partial charge in [-0.2, -0.15) is 0 Å². The van der Waals surface area contributed by atoms with Crippen molar-refractivity contribution < 1.29 is 17.6 Å². The second-order valence-electron chi connectivity index (χ2n) is 6.58. The predicted molar refractivity (Wildman–Crippen MR) is 110 cm³/mol. The molecule has 0 unspecified atom stereocenters. The van der Waals surface area contributed by atoms with E-state index in [2.05, 4.69) is 14.7 Å². The third-order valence-corrected chi connectivity index (χ3v) is 5.93. The number of carbonyl (C=O) groups is 1. The highest BCUT2D eigenvalue weighted by atomic mass is 32.2. The SMILES string of the molecule is Cn1cc(C(=O)c2cccc(NS(=O)(=O)c3ccc(F)cc3)c2)c2c(N)ncnc21. The monoisotopic (exact) mass is 425 g/mol. The first-order valence-corrected chi connectivity index (χ1v) is 10.2. The molecule has 2 heterocycles. The van der Waals surface area contributed by atoms with Crippen LogP contribution in [0.5, 0.6) is 0 Å². The van der Waals surface area contributed by atoms with Crippen LogP contribution < -0.4 is 10.5 Å². The zero-order valence-electron chi connectivity index (χ0n) is 15.7. The van der Waals surface area contributed by atoms with Crippen LogP contribution in [-0.4, -0.2) is 28.7 Å². The average Bonchev–Trinajstić information content (AvgIpc) is 3.05. The van der Waals surface area contributed by atoms with Gasteiger partial charge in [-0.05, 0) is 36.4 Å². The minimum Gasteiger partial charge on any atom is -0.383 e. The molecular formula is C20H16FN5O3S. The highest BCUT2D eigenvalue weighted by Gasteiger charge is 2.20. The minimum atomic E-state index is -3.95. The molecular weight excluding hydrogens is 409 g/mol. The summed E-state index contributed by atoms with van der Waals surface area (Å²) in [5.41, 5.74) is 7.21. The number of anilines is 2. The topological polar surface area (TPSA) is 120 Å². The number of benzene rings is 2. The van der Waals surface area contributed by atoms with Crippen LogP contribution in [0.1, 0.15) is 15.9 Å². The molecule has 0 amide bonds. The van der Waals surface area contributed by atoms with Gasteiger partial charge in [0.25, 0.3) is 10.0 Å². The van der Waals surface area contributed by atoms with E-state index in [0.717, 1.165) is 24.3 Å². The Kier molecular flexibility index (Phi) is 4.70. The van der Waals surface area contributed by atoms with E-state index in [0.29, 0.717) is 16.6 Å². The summed E-state index contributed by atoms with van der Waals surface area (Å²) in [6.07, 6.45) is 2.92. The Morgan fingerprint density at radius 1 is 1.13 bits per heavy atom. The summed E-state index contributed by atoms with van der Waals surface area (Å²) >= 11 is 0. The molecule has 0 atom stereocenters. The summed E-state index contributed by atoms with van der Waals surface area (Å²) in [5.74, 6) is -0.720. The Labute approximate surface area is 171 Å². The lowest BCUT2D eigenvalue weighted by Crippen LogP contribution is -2.13. The second kappa shape index (κ2) is 7.23. The summed E-state index contributed by atoms with van der Waals surface area (Å²) in [6, 6.07) is 10.5. The van der Waals surface area contributed by atoms with E-state index < -0.39 is 15.8 Å². The Balaban J connectivity index is 1.69. The number of nitrogens with two attached hydrogens (primary N) is 1. The van der Waals surface area contributed by atoms with Crippen LogP contribution in [0, 0.1) is 5.82 Å². The highest BCUT2D eigenvalue weighted by molar-refractivity contribution is 7.92. The van der Waals surface area contributed by atoms with Gasteiger partial charge in [-0.15, -0.1) is 0 Å². The predicted octanol–water partition coefficient (Wildman–Crippen LogP) is 2.72. The maximum Gasteiger partial charge on any atom is 0.261 e. The smallest absolute Gasteiger partial charge is 0.261 e. The largest absolute Gasteiger partial charge is 0.383 e. The number of halogens is 1. The minimum absolute atomic E-state index is 0.0976. The van der Waals surface area contributed by atoms with E-state index in [-0.39, 0.29) is 27.7 Å². The van der Waals surface area contributed by atoms with Gasteiger partial charge in [0.15, 0.2) is 5.78 Å². The molecule has 30 heavy (non-hydrogen) atoms. The van der Waals surface area contributed by atoms with Crippen molar-refractivity contribution in [2.75, 3.05) is 10.5 Å². The molecule has 4 rings (SSSR count). The van der Waals surface area contributed by atoms with Crippen molar-refractivity contribution in [2.24, 2.45) is 7.05 Å². The second-order valence-corrected chi connectivity index (χ2v) is 8.26. The zero-order valence-corrected chi connectivity index (χ0v) is 16.5. The molecule has 4 aromatic rings. The number of hydrogen-bond acceptors (Lipinski definition) is 6. The van der Waals surface area contributed by atoms with Gasteiger partial charge in [0.2, 0.25) is 0 Å². The first-order chi connectivity index (χ1) is 14.3. The molecule has 3 N–H and O–H groups in total. The van der Waals surface area contributed by atoms with Crippen molar-refractivity contribution in [1.29, 1.82) is 0 Å². The molecule has 0 spiro atoms. The van der Waals surface area contributed by atoms with E-state index in [9.17, 15) is 17.6 Å². The lowest BCUT2D eigenvalue weighted by molar-refractivity contribution is 0.104. The van der Waals surface area contributed by atoms with E-state index in [4.69, 9.17) is 5.73 Å². The van der Waals surface area contributed by atoms with Crippen LogP contribution in [0.4, 0.5) is 15.9 Å². The van der Waals surface area contributed by atoms with Crippen LogP contribution in [0.25, 0.3) is 11.0 Å². The van der Waals surface area contributed by atoms with Gasteiger partial charge in [-0.3, -0.25) is 9.52 Å². The van der Waals surface area contributed by atoms with Crippen molar-refractivity contribution in [1.82, 2.24) is 14.5 Å². The maximum absolute atomic E-state index is 13.1. The highest BCUT2D eigenvalue weighted by Crippen LogP contribution is 2.26. The number of nitrogens with one attached hydrogen (secondary N) is 1. The van der Waals surface area contributed by atoms with E-state index >= 15 is 0 Å². The van der Waals surface area contributed by atoms with Crippen LogP contribution >= 0.6 is 0 Å². The van der Waals surface area contributed by atoms with Crippen molar-refractivity contribution in [2.45, 2.75) is 4.90 Å². The number of aryl methyl sites for hydroxylation is 1. The van der Waals surface area contributed by atoms with E-state index in [1.807, 2.05) is 0 Å². The summed E-state index contributed by atoms with van der Waals surface area (Å²) in [4.78, 5) is 21.1. The van der Waals surface area contributed by atoms with Crippen LogP contribution in [0.2, 0.25) is 0 Å². The molecule has 0 saturated carbocycles. The maximum atomic E-state index is 13.1. The quantitative estimate of drug-likeness (QED) is 0.475. The Bertz CT molecular complexity index is 1380. The van der Waals surface area contributed by atoms with Crippen LogP contribution in [-0.2, 0) is 17.1 Å². The lowest BCUT2D eigenvalue weighted by atomic mass is 10.0. The number of nitrogens with zero attached hydrogens (tertiary/aromatic N) is 3. The lowest BCUT2D eigenvalue weighted by Gasteiger charge is -2.09. The van der Waals surface area contributed by atoms with Crippen molar-refractivity contribution >= 4 is 38.3 Å². The van der Waals surface area contributed by atoms with Crippen molar-refractivity contribution in [3.8, 4) is 0 Å². The van der Waals surface area contributed by atoms with Gasteiger partial charge in [0.1, 0.15) is 23.6 Å². The molecule has 0 radical (unpaired) electrons. The molecule has 0 fully saturated rings. The Morgan fingerprint density at radius 3 is 2.60 bits per heavy atom. The summed E-state index contributed by atoms with van der Waals surface area (Å²) in [7, 11) is -2.21. The fourth-order valence-corrected chi connectivity index (χ4v) is 4.16. The van der Waals surface area contributed by atoms with Gasteiger partial charge < -0.3 is 10.3 Å². The fourth-order valence-electron chi connectivity index (χ4n) is 3.11. The first-order valence-electron chi connectivity index (χ1n) is 8.75. The van der Waals surface area contributed by atoms with Crippen LogP contribution in [0.3, 0.4) is 0 Å². The molecule has 2 aromatic carbocycles. The number of nitrogen functional groups attached to an aromatic ring is 1. The van der Waals surface area contributed by atoms with Gasteiger partial charge in [-0.25, -0.2) is 22.8 Å². The molecule has 0 aliphatic carbocycles. The molecule has 0 saturated heterocycles. The number of fused-ring (bicyclic) bond motifs is 1. The molecule has 0 aliphatic rings. The zero-order chi connectivity index (χ0) is 21.5. The molecule has 10 heteroatoms. The van der Waals surface area contributed by atoms with Gasteiger partial charge >= 0.3 is 0 Å². The van der Waals surface area contributed by atoms with Crippen LogP contribution in [0.15, 0.2) is 66.0 Å². The summed E-state index contributed by atoms with van der Waals surface area (Å²) in [6.45, 7) is 0. The standard InChI is InChI=1S/C20H16FN5O3S/c1-26-10-16(17-19(22)23-11-24-20(17)26)18(27)12-3-2-4-14(9-12)25-30(28,29)15-7-5-13(21)6-8-15/h2-11,25H,1H3,(H2,22,23,24). The third-order valence-electron chi connectivity index (χ3n) is 4.53. The van der Waals surface area contributed by atoms with E-state index in [1.165, 1.54) is 18.5 Å². The Morgan fingerprint density at radius 2 is 1.87 bits per heavy atom. The number of carbonyl (C=O) groups excluding carboxylic acids is 1. The molecule has 0 bridgehead atoms. The third kappa shape index (κ3) is 3.48. The van der Waals surface area contributed by atoms with Crippen molar-refractivity contribution in [3.63, 3.8) is 0 Å². The average molecular weight is 425 g/mol.